The molecular formula is C20H32N4O4. The summed E-state index contributed by atoms with van der Waals surface area (Å²) in [6.45, 7) is 10.6. The van der Waals surface area contributed by atoms with Crippen LogP contribution in [-0.4, -0.2) is 70.2 Å². The van der Waals surface area contributed by atoms with Crippen molar-refractivity contribution < 1.29 is 19.1 Å². The summed E-state index contributed by atoms with van der Waals surface area (Å²) in [5, 5.41) is 9.09. The lowest BCUT2D eigenvalue weighted by molar-refractivity contribution is -0.123. The van der Waals surface area contributed by atoms with Gasteiger partial charge in [-0.15, -0.1) is 0 Å². The molecule has 0 spiro atoms. The molecule has 0 bridgehead atoms. The first-order valence-corrected chi connectivity index (χ1v) is 9.55. The molecule has 0 saturated carbocycles. The van der Waals surface area contributed by atoms with Gasteiger partial charge in [0.05, 0.1) is 25.5 Å². The zero-order chi connectivity index (χ0) is 20.7. The molecule has 1 aromatic carbocycles. The molecule has 3 N–H and O–H groups in total. The van der Waals surface area contributed by atoms with E-state index in [4.69, 9.17) is 9.47 Å². The van der Waals surface area contributed by atoms with Gasteiger partial charge in [-0.3, -0.25) is 14.5 Å². The van der Waals surface area contributed by atoms with Gasteiger partial charge < -0.3 is 25.4 Å². The molecule has 8 nitrogen and oxygen atoms in total. The second-order valence-electron chi connectivity index (χ2n) is 7.80. The van der Waals surface area contributed by atoms with E-state index < -0.39 is 5.41 Å². The van der Waals surface area contributed by atoms with Crippen molar-refractivity contribution in [2.45, 2.75) is 20.8 Å². The fourth-order valence-electron chi connectivity index (χ4n) is 2.84. The van der Waals surface area contributed by atoms with Crippen LogP contribution in [0.25, 0.3) is 0 Å². The molecule has 1 fully saturated rings. The fraction of sp³-hybridized carbons (Fsp3) is 0.600. The van der Waals surface area contributed by atoms with Crippen molar-refractivity contribution >= 4 is 17.5 Å². The molecule has 156 valence electrons. The highest BCUT2D eigenvalue weighted by molar-refractivity contribution is 6.05. The van der Waals surface area contributed by atoms with E-state index in [9.17, 15) is 9.59 Å². The summed E-state index contributed by atoms with van der Waals surface area (Å²) in [6.07, 6.45) is 0. The third-order valence-electron chi connectivity index (χ3n) is 4.62. The second-order valence-corrected chi connectivity index (χ2v) is 7.80. The fourth-order valence-corrected chi connectivity index (χ4v) is 2.84. The third-order valence-corrected chi connectivity index (χ3v) is 4.62. The number of benzene rings is 1. The molecular weight excluding hydrogens is 360 g/mol. The molecule has 2 amide bonds. The Morgan fingerprint density at radius 1 is 1.11 bits per heavy atom. The van der Waals surface area contributed by atoms with Crippen LogP contribution in [0.3, 0.4) is 0 Å². The molecule has 0 aromatic heterocycles. The van der Waals surface area contributed by atoms with E-state index in [1.54, 1.807) is 12.1 Å². The number of rotatable bonds is 7. The lowest BCUT2D eigenvalue weighted by Crippen LogP contribution is -2.46. The standard InChI is InChI=1S/C20H32N4O4/c1-20(2,3)19(26)23-15-13-17(28-5)16(27-4)12-14(15)18(25)22-8-11-24-9-6-21-7-10-24/h12-13,21H,6-11H2,1-5H3,(H,22,25)(H,23,26). The minimum absolute atomic E-state index is 0.186. The highest BCUT2D eigenvalue weighted by atomic mass is 16.5. The smallest absolute Gasteiger partial charge is 0.253 e. The van der Waals surface area contributed by atoms with Crippen molar-refractivity contribution in [3.63, 3.8) is 0 Å². The van der Waals surface area contributed by atoms with E-state index in [0.717, 1.165) is 32.7 Å². The number of piperazine rings is 1. The van der Waals surface area contributed by atoms with Gasteiger partial charge in [-0.05, 0) is 6.07 Å². The first-order chi connectivity index (χ1) is 13.3. The van der Waals surface area contributed by atoms with Crippen molar-refractivity contribution in [2.75, 3.05) is 58.8 Å². The van der Waals surface area contributed by atoms with E-state index in [0.29, 0.717) is 29.3 Å². The van der Waals surface area contributed by atoms with Gasteiger partial charge in [0, 0.05) is 50.7 Å². The van der Waals surface area contributed by atoms with Crippen LogP contribution in [0.4, 0.5) is 5.69 Å². The van der Waals surface area contributed by atoms with Crippen LogP contribution in [0.2, 0.25) is 0 Å². The number of carbonyl (C=O) groups excluding carboxylic acids is 2. The Morgan fingerprint density at radius 2 is 1.71 bits per heavy atom. The summed E-state index contributed by atoms with van der Waals surface area (Å²) in [4.78, 5) is 27.6. The van der Waals surface area contributed by atoms with E-state index in [-0.39, 0.29) is 11.8 Å². The summed E-state index contributed by atoms with van der Waals surface area (Å²) in [5.41, 5.74) is 0.149. The Morgan fingerprint density at radius 3 is 2.29 bits per heavy atom. The molecule has 0 aliphatic carbocycles. The average molecular weight is 393 g/mol. The van der Waals surface area contributed by atoms with E-state index >= 15 is 0 Å². The molecule has 0 radical (unpaired) electrons. The summed E-state index contributed by atoms with van der Waals surface area (Å²) < 4.78 is 10.6. The topological polar surface area (TPSA) is 91.9 Å². The normalized spacial score (nSPS) is 15.0. The quantitative estimate of drug-likeness (QED) is 0.648. The molecule has 28 heavy (non-hydrogen) atoms. The molecule has 2 rings (SSSR count). The van der Waals surface area contributed by atoms with Crippen LogP contribution in [0.5, 0.6) is 11.5 Å². The lowest BCUT2D eigenvalue weighted by Gasteiger charge is -2.27. The monoisotopic (exact) mass is 392 g/mol. The third kappa shape index (κ3) is 5.84. The molecule has 8 heteroatoms. The Bertz CT molecular complexity index is 694. The maximum atomic E-state index is 12.8. The van der Waals surface area contributed by atoms with Crippen LogP contribution < -0.4 is 25.4 Å². The first-order valence-electron chi connectivity index (χ1n) is 9.55. The average Bonchev–Trinajstić information content (AvgIpc) is 2.67. The molecule has 1 aliphatic rings. The molecule has 1 aliphatic heterocycles. The number of methoxy groups -OCH3 is 2. The molecule has 1 saturated heterocycles. The maximum absolute atomic E-state index is 12.8. The summed E-state index contributed by atoms with van der Waals surface area (Å²) in [6, 6.07) is 3.21. The molecule has 0 atom stereocenters. The van der Waals surface area contributed by atoms with E-state index in [1.165, 1.54) is 14.2 Å². The minimum atomic E-state index is -0.594. The summed E-state index contributed by atoms with van der Waals surface area (Å²) in [7, 11) is 3.03. The minimum Gasteiger partial charge on any atom is -0.493 e. The lowest BCUT2D eigenvalue weighted by atomic mass is 9.95. The number of carbonyl (C=O) groups is 2. The number of hydrogen-bond acceptors (Lipinski definition) is 6. The van der Waals surface area contributed by atoms with Crippen molar-refractivity contribution in [3.8, 4) is 11.5 Å². The summed E-state index contributed by atoms with van der Waals surface area (Å²) >= 11 is 0. The zero-order valence-corrected chi connectivity index (χ0v) is 17.5. The highest BCUT2D eigenvalue weighted by Gasteiger charge is 2.25. The number of ether oxygens (including phenoxy) is 2. The number of hydrogen-bond donors (Lipinski definition) is 3. The van der Waals surface area contributed by atoms with Crippen LogP contribution in [-0.2, 0) is 4.79 Å². The predicted molar refractivity (Wildman–Crippen MR) is 109 cm³/mol. The van der Waals surface area contributed by atoms with E-state index in [2.05, 4.69) is 20.9 Å². The number of anilines is 1. The van der Waals surface area contributed by atoms with E-state index in [1.807, 2.05) is 20.8 Å². The summed E-state index contributed by atoms with van der Waals surface area (Å²) in [5.74, 6) is 0.433. The van der Waals surface area contributed by atoms with Gasteiger partial charge in [-0.2, -0.15) is 0 Å². The Labute approximate surface area is 166 Å². The van der Waals surface area contributed by atoms with Gasteiger partial charge in [0.2, 0.25) is 5.91 Å². The molecule has 1 heterocycles. The van der Waals surface area contributed by atoms with Gasteiger partial charge in [0.15, 0.2) is 11.5 Å². The Kier molecular flexibility index (Phi) is 7.65. The predicted octanol–water partition coefficient (Wildman–Crippen LogP) is 1.32. The van der Waals surface area contributed by atoms with Crippen molar-refractivity contribution in [2.24, 2.45) is 5.41 Å². The van der Waals surface area contributed by atoms with Crippen molar-refractivity contribution in [1.29, 1.82) is 0 Å². The maximum Gasteiger partial charge on any atom is 0.253 e. The van der Waals surface area contributed by atoms with Gasteiger partial charge in [-0.1, -0.05) is 20.8 Å². The van der Waals surface area contributed by atoms with Crippen molar-refractivity contribution in [1.82, 2.24) is 15.5 Å². The highest BCUT2D eigenvalue weighted by Crippen LogP contribution is 2.34. The molecule has 1 aromatic rings. The first kappa shape index (κ1) is 22.0. The van der Waals surface area contributed by atoms with Crippen LogP contribution in [0, 0.1) is 5.41 Å². The van der Waals surface area contributed by atoms with Crippen LogP contribution in [0.1, 0.15) is 31.1 Å². The zero-order valence-electron chi connectivity index (χ0n) is 17.5. The van der Waals surface area contributed by atoms with Gasteiger partial charge in [0.25, 0.3) is 5.91 Å². The largest absolute Gasteiger partial charge is 0.493 e. The van der Waals surface area contributed by atoms with Gasteiger partial charge in [0.1, 0.15) is 0 Å². The number of nitrogens with zero attached hydrogens (tertiary/aromatic N) is 1. The van der Waals surface area contributed by atoms with Gasteiger partial charge in [-0.25, -0.2) is 0 Å². The van der Waals surface area contributed by atoms with Crippen molar-refractivity contribution in [3.05, 3.63) is 17.7 Å². The Balaban J connectivity index is 2.16. The van der Waals surface area contributed by atoms with Crippen LogP contribution >= 0.6 is 0 Å². The van der Waals surface area contributed by atoms with Gasteiger partial charge >= 0.3 is 0 Å². The second kappa shape index (κ2) is 9.75. The SMILES string of the molecule is COc1cc(NC(=O)C(C)(C)C)c(C(=O)NCCN2CCNCC2)cc1OC. The number of nitrogens with one attached hydrogen (secondary N) is 3. The number of amides is 2. The Hall–Kier alpha value is -2.32. The molecule has 0 unspecified atom stereocenters. The van der Waals surface area contributed by atoms with Crippen LogP contribution in [0.15, 0.2) is 12.1 Å².